The van der Waals surface area contributed by atoms with E-state index in [2.05, 4.69) is 4.72 Å². The summed E-state index contributed by atoms with van der Waals surface area (Å²) in [5.74, 6) is -0.978. The maximum atomic E-state index is 10.6. The average molecular weight is 242 g/mol. The summed E-state index contributed by atoms with van der Waals surface area (Å²) in [5, 5.41) is 19.0. The Kier molecular flexibility index (Phi) is 4.27. The molecule has 0 aromatic heterocycles. The summed E-state index contributed by atoms with van der Waals surface area (Å²) in [6, 6.07) is 4.74. The Balaban J connectivity index is 2.71. The number of carboxylic acids is 1. The van der Waals surface area contributed by atoms with Crippen LogP contribution in [0.4, 0.5) is 5.69 Å². The first-order valence-corrected chi connectivity index (χ1v) is 5.19. The lowest BCUT2D eigenvalue weighted by atomic mass is 10.2. The van der Waals surface area contributed by atoms with Gasteiger partial charge in [0.15, 0.2) is 0 Å². The number of nitrogens with zero attached hydrogens (tertiary/aromatic N) is 1. The van der Waals surface area contributed by atoms with E-state index in [9.17, 15) is 14.9 Å². The van der Waals surface area contributed by atoms with Gasteiger partial charge in [0.2, 0.25) is 0 Å². The highest BCUT2D eigenvalue weighted by Gasteiger charge is 2.11. The van der Waals surface area contributed by atoms with Gasteiger partial charge in [0.25, 0.3) is 5.69 Å². The Morgan fingerprint density at radius 3 is 2.88 bits per heavy atom. The summed E-state index contributed by atoms with van der Waals surface area (Å²) in [4.78, 5) is 21.0. The van der Waals surface area contributed by atoms with E-state index in [1.807, 2.05) is 0 Å². The fourth-order valence-electron chi connectivity index (χ4n) is 1.03. The normalized spacial score (nSPS) is 10.1. The molecule has 0 amide bonds. The van der Waals surface area contributed by atoms with Crippen molar-refractivity contribution in [2.75, 3.05) is 6.54 Å². The third kappa shape index (κ3) is 3.52. The zero-order valence-electron chi connectivity index (χ0n) is 8.47. The van der Waals surface area contributed by atoms with E-state index in [1.165, 1.54) is 6.07 Å². The monoisotopic (exact) mass is 242 g/mol. The molecule has 2 N–H and O–H groups in total. The minimum atomic E-state index is -0.978. The molecule has 0 heterocycles. The smallest absolute Gasteiger partial charge is 0.318 e. The lowest BCUT2D eigenvalue weighted by Gasteiger charge is -2.02. The van der Waals surface area contributed by atoms with Gasteiger partial charge in [0, 0.05) is 16.5 Å². The first kappa shape index (κ1) is 12.5. The van der Waals surface area contributed by atoms with Crippen LogP contribution in [-0.4, -0.2) is 22.5 Å². The van der Waals surface area contributed by atoms with Crippen molar-refractivity contribution in [1.29, 1.82) is 0 Å². The van der Waals surface area contributed by atoms with Crippen LogP contribution in [0.3, 0.4) is 0 Å². The van der Waals surface area contributed by atoms with Crippen molar-refractivity contribution >= 4 is 23.6 Å². The molecular formula is C9H10N2O4S. The zero-order valence-corrected chi connectivity index (χ0v) is 9.28. The molecule has 0 bridgehead atoms. The van der Waals surface area contributed by atoms with E-state index in [0.29, 0.717) is 10.5 Å². The Morgan fingerprint density at radius 2 is 2.31 bits per heavy atom. The van der Waals surface area contributed by atoms with Gasteiger partial charge in [-0.3, -0.25) is 14.9 Å². The summed E-state index contributed by atoms with van der Waals surface area (Å²) in [6.45, 7) is 1.45. The Labute approximate surface area is 95.9 Å². The molecule has 7 heteroatoms. The van der Waals surface area contributed by atoms with Crippen molar-refractivity contribution < 1.29 is 14.8 Å². The number of carboxylic acid groups (broad SMARTS) is 1. The number of aliphatic carboxylic acids is 1. The molecule has 86 valence electrons. The highest BCUT2D eigenvalue weighted by atomic mass is 32.2. The Morgan fingerprint density at radius 1 is 1.62 bits per heavy atom. The summed E-state index contributed by atoms with van der Waals surface area (Å²) in [7, 11) is 0. The van der Waals surface area contributed by atoms with Crippen LogP contribution in [0.1, 0.15) is 5.56 Å². The molecule has 0 fully saturated rings. The molecule has 0 aliphatic heterocycles. The summed E-state index contributed by atoms with van der Waals surface area (Å²) < 4.78 is 2.58. The summed E-state index contributed by atoms with van der Waals surface area (Å²) in [5.41, 5.74) is 0.606. The van der Waals surface area contributed by atoms with Crippen molar-refractivity contribution in [3.8, 4) is 0 Å². The maximum absolute atomic E-state index is 10.6. The zero-order chi connectivity index (χ0) is 12.1. The number of hydrogen-bond acceptors (Lipinski definition) is 5. The van der Waals surface area contributed by atoms with Gasteiger partial charge in [-0.2, -0.15) is 0 Å². The van der Waals surface area contributed by atoms with Crippen molar-refractivity contribution in [1.82, 2.24) is 4.72 Å². The molecule has 0 radical (unpaired) electrons. The molecular weight excluding hydrogens is 232 g/mol. The van der Waals surface area contributed by atoms with Crippen LogP contribution < -0.4 is 4.72 Å². The van der Waals surface area contributed by atoms with Crippen molar-refractivity contribution in [3.05, 3.63) is 33.9 Å². The van der Waals surface area contributed by atoms with Gasteiger partial charge in [-0.15, -0.1) is 0 Å². The van der Waals surface area contributed by atoms with E-state index in [1.54, 1.807) is 19.1 Å². The molecule has 16 heavy (non-hydrogen) atoms. The van der Waals surface area contributed by atoms with E-state index in [4.69, 9.17) is 5.11 Å². The van der Waals surface area contributed by atoms with Crippen LogP contribution in [0.25, 0.3) is 0 Å². The number of hydrogen-bond donors (Lipinski definition) is 2. The molecule has 1 aromatic rings. The third-order valence-electron chi connectivity index (χ3n) is 1.79. The second kappa shape index (κ2) is 5.47. The van der Waals surface area contributed by atoms with Gasteiger partial charge >= 0.3 is 5.97 Å². The van der Waals surface area contributed by atoms with Gasteiger partial charge in [-0.1, -0.05) is 6.07 Å². The van der Waals surface area contributed by atoms with Crippen LogP contribution in [0.15, 0.2) is 23.1 Å². The molecule has 0 saturated heterocycles. The summed E-state index contributed by atoms with van der Waals surface area (Å²) in [6.07, 6.45) is 0. The first-order chi connectivity index (χ1) is 7.50. The SMILES string of the molecule is Cc1ccc(SNCC(=O)O)cc1[N+](=O)[O-]. The standard InChI is InChI=1S/C9H10N2O4S/c1-6-2-3-7(4-8(6)11(14)15)16-10-5-9(12)13/h2-4,10H,5H2,1H3,(H,12,13). The van der Waals surface area contributed by atoms with E-state index in [0.717, 1.165) is 11.9 Å². The topological polar surface area (TPSA) is 92.5 Å². The fraction of sp³-hybridized carbons (Fsp3) is 0.222. The third-order valence-corrected chi connectivity index (χ3v) is 2.57. The largest absolute Gasteiger partial charge is 0.480 e. The lowest BCUT2D eigenvalue weighted by Crippen LogP contribution is -2.15. The molecule has 1 aromatic carbocycles. The fourth-order valence-corrected chi connectivity index (χ4v) is 1.70. The number of aryl methyl sites for hydroxylation is 1. The Hall–Kier alpha value is -1.60. The summed E-state index contributed by atoms with van der Waals surface area (Å²) >= 11 is 1.05. The second-order valence-corrected chi connectivity index (χ2v) is 3.99. The van der Waals surface area contributed by atoms with E-state index in [-0.39, 0.29) is 12.2 Å². The van der Waals surface area contributed by atoms with Gasteiger partial charge in [0.05, 0.1) is 4.92 Å². The number of benzene rings is 1. The molecule has 1 rings (SSSR count). The van der Waals surface area contributed by atoms with Gasteiger partial charge < -0.3 is 5.11 Å². The van der Waals surface area contributed by atoms with Crippen LogP contribution in [-0.2, 0) is 4.79 Å². The average Bonchev–Trinajstić information content (AvgIpc) is 2.19. The van der Waals surface area contributed by atoms with Crippen molar-refractivity contribution in [2.24, 2.45) is 0 Å². The molecule has 0 atom stereocenters. The lowest BCUT2D eigenvalue weighted by molar-refractivity contribution is -0.385. The second-order valence-electron chi connectivity index (χ2n) is 3.02. The molecule has 0 unspecified atom stereocenters. The van der Waals surface area contributed by atoms with E-state index < -0.39 is 10.9 Å². The predicted octanol–water partition coefficient (Wildman–Crippen LogP) is 1.58. The van der Waals surface area contributed by atoms with E-state index >= 15 is 0 Å². The van der Waals surface area contributed by atoms with Crippen LogP contribution in [0.5, 0.6) is 0 Å². The molecule has 0 spiro atoms. The number of nitro benzene ring substituents is 1. The van der Waals surface area contributed by atoms with Crippen LogP contribution >= 0.6 is 11.9 Å². The van der Waals surface area contributed by atoms with Crippen molar-refractivity contribution in [3.63, 3.8) is 0 Å². The molecule has 0 aliphatic carbocycles. The number of nitrogens with one attached hydrogen (secondary N) is 1. The molecule has 6 nitrogen and oxygen atoms in total. The maximum Gasteiger partial charge on any atom is 0.318 e. The van der Waals surface area contributed by atoms with Gasteiger partial charge in [0.1, 0.15) is 6.54 Å². The minimum Gasteiger partial charge on any atom is -0.480 e. The van der Waals surface area contributed by atoms with Gasteiger partial charge in [-0.05, 0) is 24.9 Å². The quantitative estimate of drug-likeness (QED) is 0.462. The number of nitro groups is 1. The molecule has 0 aliphatic rings. The Bertz CT molecular complexity index is 422. The van der Waals surface area contributed by atoms with Crippen LogP contribution in [0.2, 0.25) is 0 Å². The highest BCUT2D eigenvalue weighted by molar-refractivity contribution is 7.97. The van der Waals surface area contributed by atoms with Crippen LogP contribution in [0, 0.1) is 17.0 Å². The molecule has 0 saturated carbocycles. The first-order valence-electron chi connectivity index (χ1n) is 4.37. The number of rotatable bonds is 5. The van der Waals surface area contributed by atoms with Crippen molar-refractivity contribution in [2.45, 2.75) is 11.8 Å². The highest BCUT2D eigenvalue weighted by Crippen LogP contribution is 2.24. The predicted molar refractivity (Wildman–Crippen MR) is 59.3 cm³/mol. The number of carbonyl (C=O) groups is 1. The minimum absolute atomic E-state index is 0.0297. The van der Waals surface area contributed by atoms with Gasteiger partial charge in [-0.25, -0.2) is 4.72 Å².